The molecule has 0 aliphatic carbocycles. The van der Waals surface area contributed by atoms with Crippen molar-refractivity contribution >= 4 is 12.6 Å². The molecule has 2 nitrogen and oxygen atoms in total. The van der Waals surface area contributed by atoms with Crippen molar-refractivity contribution in [3.05, 3.63) is 29.3 Å². The lowest BCUT2D eigenvalue weighted by Gasteiger charge is -2.02. The molecule has 0 aromatic heterocycles. The Bertz CT molecular complexity index is 437. The maximum atomic E-state index is 8.97. The van der Waals surface area contributed by atoms with Crippen molar-refractivity contribution in [3.63, 3.8) is 0 Å². The number of thiol groups is 1. The molecule has 0 saturated carbocycles. The van der Waals surface area contributed by atoms with Gasteiger partial charge in [0.1, 0.15) is 17.4 Å². The maximum Gasteiger partial charge on any atom is 0.137 e. The molecule has 0 amide bonds. The third-order valence-corrected chi connectivity index (χ3v) is 2.04. The molecule has 0 saturated heterocycles. The lowest BCUT2D eigenvalue weighted by Crippen LogP contribution is -1.91. The average Bonchev–Trinajstić information content (AvgIpc) is 2.29. The van der Waals surface area contributed by atoms with Crippen LogP contribution in [-0.4, -0.2) is 12.9 Å². The zero-order chi connectivity index (χ0) is 11.1. The standard InChI is InChI=1S/C12H11NOS/c1-14-12-7-4-6-10(11(12)9-13)5-2-3-8-15/h4,6-7,15H,3,8H2,1H3. The van der Waals surface area contributed by atoms with Gasteiger partial charge in [0.05, 0.1) is 7.11 Å². The van der Waals surface area contributed by atoms with Crippen LogP contribution in [0.3, 0.4) is 0 Å². The molecular formula is C12H11NOS. The molecule has 0 aliphatic rings. The Morgan fingerprint density at radius 2 is 2.27 bits per heavy atom. The highest BCUT2D eigenvalue weighted by Crippen LogP contribution is 2.20. The Kier molecular flexibility index (Phi) is 4.60. The lowest BCUT2D eigenvalue weighted by atomic mass is 10.1. The Morgan fingerprint density at radius 1 is 1.47 bits per heavy atom. The van der Waals surface area contributed by atoms with E-state index < -0.39 is 0 Å². The lowest BCUT2D eigenvalue weighted by molar-refractivity contribution is 0.413. The second-order valence-corrected chi connectivity index (χ2v) is 3.22. The van der Waals surface area contributed by atoms with Gasteiger partial charge in [0.2, 0.25) is 0 Å². The van der Waals surface area contributed by atoms with Crippen molar-refractivity contribution in [2.45, 2.75) is 6.42 Å². The summed E-state index contributed by atoms with van der Waals surface area (Å²) in [5.41, 5.74) is 1.20. The summed E-state index contributed by atoms with van der Waals surface area (Å²) in [6.07, 6.45) is 0.713. The minimum atomic E-state index is 0.492. The number of methoxy groups -OCH3 is 1. The minimum Gasteiger partial charge on any atom is -0.495 e. The smallest absolute Gasteiger partial charge is 0.137 e. The third-order valence-electron chi connectivity index (χ3n) is 1.82. The van der Waals surface area contributed by atoms with Crippen LogP contribution in [0.4, 0.5) is 0 Å². The van der Waals surface area contributed by atoms with Crippen LogP contribution in [0.2, 0.25) is 0 Å². The number of ether oxygens (including phenoxy) is 1. The molecule has 0 spiro atoms. The highest BCUT2D eigenvalue weighted by atomic mass is 32.1. The molecule has 0 heterocycles. The van der Waals surface area contributed by atoms with Gasteiger partial charge in [-0.1, -0.05) is 17.9 Å². The molecule has 3 heteroatoms. The van der Waals surface area contributed by atoms with Crippen LogP contribution in [0.15, 0.2) is 18.2 Å². The van der Waals surface area contributed by atoms with Crippen LogP contribution in [-0.2, 0) is 0 Å². The molecule has 0 unspecified atom stereocenters. The summed E-state index contributed by atoms with van der Waals surface area (Å²) in [5.74, 6) is 7.17. The predicted octanol–water partition coefficient (Wildman–Crippen LogP) is 2.24. The average molecular weight is 217 g/mol. The van der Waals surface area contributed by atoms with E-state index in [9.17, 15) is 0 Å². The first-order valence-electron chi connectivity index (χ1n) is 4.50. The molecule has 76 valence electrons. The highest BCUT2D eigenvalue weighted by molar-refractivity contribution is 7.80. The number of benzene rings is 1. The van der Waals surface area contributed by atoms with Gasteiger partial charge in [-0.15, -0.1) is 0 Å². The molecule has 0 aliphatic heterocycles. The third kappa shape index (κ3) is 2.94. The Balaban J connectivity index is 3.10. The first kappa shape index (κ1) is 11.5. The number of nitrogens with zero attached hydrogens (tertiary/aromatic N) is 1. The van der Waals surface area contributed by atoms with Crippen molar-refractivity contribution < 1.29 is 4.74 Å². The van der Waals surface area contributed by atoms with Crippen molar-refractivity contribution in [3.8, 4) is 23.7 Å². The fourth-order valence-electron chi connectivity index (χ4n) is 1.13. The van der Waals surface area contributed by atoms with E-state index in [0.29, 0.717) is 23.3 Å². The van der Waals surface area contributed by atoms with E-state index in [-0.39, 0.29) is 0 Å². The van der Waals surface area contributed by atoms with E-state index in [4.69, 9.17) is 10.00 Å². The topological polar surface area (TPSA) is 33.0 Å². The van der Waals surface area contributed by atoms with Crippen LogP contribution < -0.4 is 4.74 Å². The van der Waals surface area contributed by atoms with Gasteiger partial charge in [0.15, 0.2) is 0 Å². The Labute approximate surface area is 95.3 Å². The number of hydrogen-bond donors (Lipinski definition) is 1. The number of hydrogen-bond acceptors (Lipinski definition) is 3. The van der Waals surface area contributed by atoms with Crippen molar-refractivity contribution in [1.82, 2.24) is 0 Å². The van der Waals surface area contributed by atoms with E-state index in [2.05, 4.69) is 30.5 Å². The normalized spacial score (nSPS) is 8.60. The summed E-state index contributed by atoms with van der Waals surface area (Å²) in [4.78, 5) is 0. The molecule has 0 atom stereocenters. The van der Waals surface area contributed by atoms with Gasteiger partial charge in [-0.05, 0) is 12.1 Å². The molecule has 0 N–H and O–H groups in total. The zero-order valence-corrected chi connectivity index (χ0v) is 9.34. The Hall–Kier alpha value is -1.58. The second kappa shape index (κ2) is 6.01. The first-order chi connectivity index (χ1) is 7.33. The first-order valence-corrected chi connectivity index (χ1v) is 5.13. The molecular weight excluding hydrogens is 206 g/mol. The van der Waals surface area contributed by atoms with Crippen molar-refractivity contribution in [1.29, 1.82) is 5.26 Å². The highest BCUT2D eigenvalue weighted by Gasteiger charge is 2.05. The van der Waals surface area contributed by atoms with Gasteiger partial charge in [0.25, 0.3) is 0 Å². The van der Waals surface area contributed by atoms with E-state index in [0.717, 1.165) is 5.75 Å². The van der Waals surface area contributed by atoms with Crippen LogP contribution >= 0.6 is 12.6 Å². The molecule has 1 aromatic carbocycles. The maximum absolute atomic E-state index is 8.97. The number of rotatable bonds is 2. The summed E-state index contributed by atoms with van der Waals surface area (Å²) in [7, 11) is 1.54. The molecule has 1 rings (SSSR count). The Morgan fingerprint density at radius 3 is 2.87 bits per heavy atom. The quantitative estimate of drug-likeness (QED) is 0.608. The van der Waals surface area contributed by atoms with Gasteiger partial charge in [-0.2, -0.15) is 17.9 Å². The monoisotopic (exact) mass is 217 g/mol. The zero-order valence-electron chi connectivity index (χ0n) is 8.45. The van der Waals surface area contributed by atoms with E-state index in [1.165, 1.54) is 0 Å². The largest absolute Gasteiger partial charge is 0.495 e. The van der Waals surface area contributed by atoms with E-state index >= 15 is 0 Å². The van der Waals surface area contributed by atoms with E-state index in [1.54, 1.807) is 13.2 Å². The summed E-state index contributed by atoms with van der Waals surface area (Å²) in [6, 6.07) is 7.48. The molecule has 15 heavy (non-hydrogen) atoms. The van der Waals surface area contributed by atoms with Gasteiger partial charge in [0, 0.05) is 17.7 Å². The summed E-state index contributed by atoms with van der Waals surface area (Å²) >= 11 is 4.06. The van der Waals surface area contributed by atoms with Crippen molar-refractivity contribution in [2.24, 2.45) is 0 Å². The molecule has 0 bridgehead atoms. The molecule has 1 aromatic rings. The fourth-order valence-corrected chi connectivity index (χ4v) is 1.25. The molecule has 0 radical (unpaired) electrons. The van der Waals surface area contributed by atoms with Gasteiger partial charge in [-0.3, -0.25) is 0 Å². The van der Waals surface area contributed by atoms with Crippen LogP contribution in [0.25, 0.3) is 0 Å². The van der Waals surface area contributed by atoms with E-state index in [1.807, 2.05) is 12.1 Å². The fraction of sp³-hybridized carbons (Fsp3) is 0.250. The predicted molar refractivity (Wildman–Crippen MR) is 63.1 cm³/mol. The van der Waals surface area contributed by atoms with Crippen LogP contribution in [0.5, 0.6) is 5.75 Å². The SMILES string of the molecule is COc1cccc(C#CCCS)c1C#N. The second-order valence-electron chi connectivity index (χ2n) is 2.77. The van der Waals surface area contributed by atoms with Gasteiger partial charge in [-0.25, -0.2) is 0 Å². The summed E-state index contributed by atoms with van der Waals surface area (Å²) in [6.45, 7) is 0. The summed E-state index contributed by atoms with van der Waals surface area (Å²) < 4.78 is 5.08. The minimum absolute atomic E-state index is 0.492. The van der Waals surface area contributed by atoms with Crippen LogP contribution in [0, 0.1) is 23.2 Å². The number of nitriles is 1. The van der Waals surface area contributed by atoms with Crippen molar-refractivity contribution in [2.75, 3.05) is 12.9 Å². The molecule has 0 fully saturated rings. The van der Waals surface area contributed by atoms with Crippen LogP contribution in [0.1, 0.15) is 17.5 Å². The summed E-state index contributed by atoms with van der Waals surface area (Å²) in [5, 5.41) is 8.97. The van der Waals surface area contributed by atoms with Gasteiger partial charge < -0.3 is 4.74 Å². The van der Waals surface area contributed by atoms with Gasteiger partial charge >= 0.3 is 0 Å².